The van der Waals surface area contributed by atoms with Gasteiger partial charge in [-0.05, 0) is 30.9 Å². The molecule has 1 aliphatic carbocycles. The third-order valence-corrected chi connectivity index (χ3v) is 2.56. The summed E-state index contributed by atoms with van der Waals surface area (Å²) in [7, 11) is 1.59. The highest BCUT2D eigenvalue weighted by molar-refractivity contribution is 5.14. The van der Waals surface area contributed by atoms with E-state index in [1.54, 1.807) is 25.5 Å². The molecule has 0 saturated heterocycles. The Morgan fingerprint density at radius 1 is 1.69 bits per heavy atom. The summed E-state index contributed by atoms with van der Waals surface area (Å²) < 4.78 is 10.2. The Hall–Kier alpha value is -0.800. The van der Waals surface area contributed by atoms with Gasteiger partial charge in [-0.3, -0.25) is 0 Å². The molecule has 2 rings (SSSR count). The van der Waals surface area contributed by atoms with Crippen LogP contribution in [0.4, 0.5) is 0 Å². The molecule has 1 saturated carbocycles. The van der Waals surface area contributed by atoms with Gasteiger partial charge >= 0.3 is 0 Å². The van der Waals surface area contributed by atoms with Crippen molar-refractivity contribution in [2.45, 2.75) is 18.4 Å². The maximum absolute atomic E-state index is 10.3. The molecule has 13 heavy (non-hydrogen) atoms. The van der Waals surface area contributed by atoms with Crippen LogP contribution in [-0.4, -0.2) is 18.8 Å². The summed E-state index contributed by atoms with van der Waals surface area (Å²) in [6, 6.07) is 3.59. The van der Waals surface area contributed by atoms with Crippen molar-refractivity contribution in [1.82, 2.24) is 0 Å². The molecule has 1 fully saturated rings. The van der Waals surface area contributed by atoms with Gasteiger partial charge in [0.05, 0.1) is 12.9 Å². The van der Waals surface area contributed by atoms with Crippen LogP contribution in [0, 0.1) is 5.92 Å². The fourth-order valence-electron chi connectivity index (χ4n) is 1.70. The molecule has 1 N–H and O–H groups in total. The van der Waals surface area contributed by atoms with E-state index >= 15 is 0 Å². The molecule has 1 unspecified atom stereocenters. The minimum atomic E-state index is -0.905. The summed E-state index contributed by atoms with van der Waals surface area (Å²) in [6.45, 7) is 0.311. The maximum atomic E-state index is 10.3. The molecule has 1 aliphatic rings. The molecule has 72 valence electrons. The summed E-state index contributed by atoms with van der Waals surface area (Å²) in [5, 5.41) is 10.3. The lowest BCUT2D eigenvalue weighted by Gasteiger charge is -2.24. The Morgan fingerprint density at radius 3 is 2.92 bits per heavy atom. The van der Waals surface area contributed by atoms with Crippen molar-refractivity contribution in [3.05, 3.63) is 24.2 Å². The predicted octanol–water partition coefficient (Wildman–Crippen LogP) is 1.52. The van der Waals surface area contributed by atoms with Crippen LogP contribution in [0.5, 0.6) is 0 Å². The van der Waals surface area contributed by atoms with E-state index in [9.17, 15) is 5.11 Å². The SMILES string of the molecule is COCC(O)(c1ccco1)C1CC1. The van der Waals surface area contributed by atoms with Crippen molar-refractivity contribution < 1.29 is 14.3 Å². The molecule has 0 aromatic carbocycles. The van der Waals surface area contributed by atoms with Gasteiger partial charge in [0.2, 0.25) is 0 Å². The lowest BCUT2D eigenvalue weighted by molar-refractivity contribution is -0.0678. The number of rotatable bonds is 4. The molecule has 1 atom stereocenters. The van der Waals surface area contributed by atoms with Gasteiger partial charge in [-0.25, -0.2) is 0 Å². The average Bonchev–Trinajstić information content (AvgIpc) is 2.82. The van der Waals surface area contributed by atoms with Gasteiger partial charge < -0.3 is 14.3 Å². The first kappa shape index (κ1) is 8.78. The number of hydrogen-bond donors (Lipinski definition) is 1. The predicted molar refractivity (Wildman–Crippen MR) is 47.2 cm³/mol. The van der Waals surface area contributed by atoms with Crippen LogP contribution in [-0.2, 0) is 10.3 Å². The third-order valence-electron chi connectivity index (χ3n) is 2.56. The lowest BCUT2D eigenvalue weighted by atomic mass is 9.96. The Balaban J connectivity index is 2.22. The highest BCUT2D eigenvalue weighted by Crippen LogP contribution is 2.45. The zero-order valence-electron chi connectivity index (χ0n) is 7.69. The molecule has 3 nitrogen and oxygen atoms in total. The second-order valence-electron chi connectivity index (χ2n) is 3.61. The highest BCUT2D eigenvalue weighted by atomic mass is 16.5. The largest absolute Gasteiger partial charge is 0.466 e. The van der Waals surface area contributed by atoms with E-state index in [2.05, 4.69) is 0 Å². The Morgan fingerprint density at radius 2 is 2.46 bits per heavy atom. The van der Waals surface area contributed by atoms with E-state index in [1.165, 1.54) is 0 Å². The molecular weight excluding hydrogens is 168 g/mol. The monoisotopic (exact) mass is 182 g/mol. The van der Waals surface area contributed by atoms with Crippen LogP contribution in [0.15, 0.2) is 22.8 Å². The molecule has 0 aliphatic heterocycles. The van der Waals surface area contributed by atoms with E-state index in [4.69, 9.17) is 9.15 Å². The standard InChI is InChI=1S/C10H14O3/c1-12-7-10(11,8-4-5-8)9-3-2-6-13-9/h2-3,6,8,11H,4-5,7H2,1H3. The quantitative estimate of drug-likeness (QED) is 0.767. The van der Waals surface area contributed by atoms with E-state index in [1.807, 2.05) is 0 Å². The second kappa shape index (κ2) is 3.16. The number of furan rings is 1. The van der Waals surface area contributed by atoms with Crippen molar-refractivity contribution >= 4 is 0 Å². The van der Waals surface area contributed by atoms with Gasteiger partial charge in [0, 0.05) is 7.11 Å². The zero-order valence-corrected chi connectivity index (χ0v) is 7.69. The summed E-state index contributed by atoms with van der Waals surface area (Å²) in [4.78, 5) is 0. The maximum Gasteiger partial charge on any atom is 0.148 e. The van der Waals surface area contributed by atoms with Crippen LogP contribution in [0.2, 0.25) is 0 Å². The molecule has 1 aromatic rings. The number of aliphatic hydroxyl groups is 1. The zero-order chi connectivity index (χ0) is 9.31. The van der Waals surface area contributed by atoms with Gasteiger partial charge in [-0.2, -0.15) is 0 Å². The minimum absolute atomic E-state index is 0.304. The van der Waals surface area contributed by atoms with Crippen LogP contribution >= 0.6 is 0 Å². The summed E-state index contributed by atoms with van der Waals surface area (Å²) in [5.41, 5.74) is -0.905. The van der Waals surface area contributed by atoms with Crippen molar-refractivity contribution in [2.24, 2.45) is 5.92 Å². The summed E-state index contributed by atoms with van der Waals surface area (Å²) in [5.74, 6) is 0.926. The van der Waals surface area contributed by atoms with Crippen molar-refractivity contribution in [1.29, 1.82) is 0 Å². The highest BCUT2D eigenvalue weighted by Gasteiger charge is 2.47. The Labute approximate surface area is 77.3 Å². The Bertz CT molecular complexity index is 264. The fraction of sp³-hybridized carbons (Fsp3) is 0.600. The van der Waals surface area contributed by atoms with Gasteiger partial charge in [0.25, 0.3) is 0 Å². The van der Waals surface area contributed by atoms with Crippen molar-refractivity contribution in [3.63, 3.8) is 0 Å². The third kappa shape index (κ3) is 1.49. The van der Waals surface area contributed by atoms with E-state index in [0.717, 1.165) is 12.8 Å². The summed E-state index contributed by atoms with van der Waals surface area (Å²) in [6.07, 6.45) is 3.69. The smallest absolute Gasteiger partial charge is 0.148 e. The molecule has 1 aromatic heterocycles. The van der Waals surface area contributed by atoms with Crippen LogP contribution in [0.3, 0.4) is 0 Å². The number of hydrogen-bond acceptors (Lipinski definition) is 3. The van der Waals surface area contributed by atoms with Crippen LogP contribution < -0.4 is 0 Å². The van der Waals surface area contributed by atoms with Crippen LogP contribution in [0.1, 0.15) is 18.6 Å². The number of methoxy groups -OCH3 is 1. The molecular formula is C10H14O3. The first-order valence-electron chi connectivity index (χ1n) is 4.52. The molecule has 1 heterocycles. The van der Waals surface area contributed by atoms with Crippen LogP contribution in [0.25, 0.3) is 0 Å². The van der Waals surface area contributed by atoms with Crippen molar-refractivity contribution in [2.75, 3.05) is 13.7 Å². The second-order valence-corrected chi connectivity index (χ2v) is 3.61. The number of ether oxygens (including phenoxy) is 1. The Kier molecular flexibility index (Phi) is 2.14. The van der Waals surface area contributed by atoms with E-state index < -0.39 is 5.60 Å². The average molecular weight is 182 g/mol. The van der Waals surface area contributed by atoms with E-state index in [0.29, 0.717) is 18.3 Å². The van der Waals surface area contributed by atoms with Crippen molar-refractivity contribution in [3.8, 4) is 0 Å². The van der Waals surface area contributed by atoms with Gasteiger partial charge in [0.1, 0.15) is 11.4 Å². The molecule has 0 bridgehead atoms. The first-order chi connectivity index (χ1) is 6.27. The van der Waals surface area contributed by atoms with Gasteiger partial charge in [-0.15, -0.1) is 0 Å². The first-order valence-corrected chi connectivity index (χ1v) is 4.52. The minimum Gasteiger partial charge on any atom is -0.466 e. The molecule has 3 heteroatoms. The van der Waals surface area contributed by atoms with Gasteiger partial charge in [-0.1, -0.05) is 0 Å². The normalized spacial score (nSPS) is 21.4. The molecule has 0 amide bonds. The van der Waals surface area contributed by atoms with Gasteiger partial charge in [0.15, 0.2) is 0 Å². The topological polar surface area (TPSA) is 42.6 Å². The molecule has 0 radical (unpaired) electrons. The van der Waals surface area contributed by atoms with E-state index in [-0.39, 0.29) is 0 Å². The lowest BCUT2D eigenvalue weighted by Crippen LogP contribution is -2.33. The molecule has 0 spiro atoms. The fourth-order valence-corrected chi connectivity index (χ4v) is 1.70. The summed E-state index contributed by atoms with van der Waals surface area (Å²) >= 11 is 0.